The van der Waals surface area contributed by atoms with Crippen LogP contribution >= 0.6 is 35.1 Å². The fourth-order valence-corrected chi connectivity index (χ4v) is 8.33. The smallest absolute Gasteiger partial charge is 0.350 e. The van der Waals surface area contributed by atoms with Crippen molar-refractivity contribution in [1.29, 1.82) is 0 Å². The Morgan fingerprint density at radius 3 is 2.60 bits per heavy atom. The van der Waals surface area contributed by atoms with E-state index in [1.54, 1.807) is 46.8 Å². The molecule has 1 saturated heterocycles. The SMILES string of the molecule is C=CC(=O)N1CCN(c2nc(=O)n3c4nc(c(Cl)cc24)-c2c(F)cccc2SCCCCSc2ccnc(C(C)C)c2-3)[C@H](C)C1. The second-order valence-electron chi connectivity index (χ2n) is 11.5. The van der Waals surface area contributed by atoms with E-state index >= 15 is 4.39 Å². The second-order valence-corrected chi connectivity index (χ2v) is 14.2. The number of thioether (sulfide) groups is 2. The Balaban J connectivity index is 1.68. The molecule has 0 spiro atoms. The average Bonchev–Trinajstić information content (AvgIpc) is 3.02. The predicted octanol–water partition coefficient (Wildman–Crippen LogP) is 6.96. The molecule has 0 radical (unpaired) electrons. The predicted molar refractivity (Wildman–Crippen MR) is 182 cm³/mol. The number of hydrogen-bond donors (Lipinski definition) is 0. The lowest BCUT2D eigenvalue weighted by atomic mass is 10.1. The second kappa shape index (κ2) is 13.1. The van der Waals surface area contributed by atoms with Gasteiger partial charge >= 0.3 is 5.69 Å². The normalized spacial score (nSPS) is 17.2. The van der Waals surface area contributed by atoms with Crippen LogP contribution in [0, 0.1) is 5.82 Å². The molecule has 8 nitrogen and oxygen atoms in total. The number of carbonyl (C=O) groups excluding carboxylic acids is 1. The molecule has 0 aliphatic carbocycles. The summed E-state index contributed by atoms with van der Waals surface area (Å²) in [5.41, 5.74) is 1.79. The molecule has 2 aliphatic rings. The highest BCUT2D eigenvalue weighted by Gasteiger charge is 2.31. The number of halogens is 2. The molecule has 234 valence electrons. The summed E-state index contributed by atoms with van der Waals surface area (Å²) in [6.45, 7) is 11.0. The van der Waals surface area contributed by atoms with Crippen LogP contribution in [-0.2, 0) is 4.79 Å². The summed E-state index contributed by atoms with van der Waals surface area (Å²) < 4.78 is 17.2. The molecular weight excluding hydrogens is 631 g/mol. The van der Waals surface area contributed by atoms with Crippen molar-refractivity contribution in [2.45, 2.75) is 55.4 Å². The molecule has 5 heterocycles. The Hall–Kier alpha value is -3.41. The number of hydrogen-bond acceptors (Lipinski definition) is 8. The number of amides is 1. The molecule has 4 aromatic rings. The van der Waals surface area contributed by atoms with Crippen LogP contribution in [0.5, 0.6) is 0 Å². The van der Waals surface area contributed by atoms with Crippen LogP contribution in [0.2, 0.25) is 5.02 Å². The number of nitrogens with zero attached hydrogens (tertiary/aromatic N) is 6. The van der Waals surface area contributed by atoms with E-state index in [2.05, 4.69) is 11.6 Å². The molecule has 0 saturated carbocycles. The average molecular weight is 665 g/mol. The number of aromatic nitrogens is 4. The van der Waals surface area contributed by atoms with Gasteiger partial charge in [0.1, 0.15) is 11.6 Å². The molecule has 2 bridgehead atoms. The largest absolute Gasteiger partial charge is 0.355 e. The van der Waals surface area contributed by atoms with Crippen molar-refractivity contribution < 1.29 is 9.18 Å². The van der Waals surface area contributed by atoms with Crippen molar-refractivity contribution >= 4 is 57.9 Å². The molecule has 45 heavy (non-hydrogen) atoms. The van der Waals surface area contributed by atoms with Crippen LogP contribution in [0.3, 0.4) is 0 Å². The molecule has 12 heteroatoms. The van der Waals surface area contributed by atoms with E-state index in [4.69, 9.17) is 21.6 Å². The van der Waals surface area contributed by atoms with Crippen molar-refractivity contribution in [3.05, 3.63) is 76.2 Å². The first-order valence-electron chi connectivity index (χ1n) is 15.0. The van der Waals surface area contributed by atoms with Crippen molar-refractivity contribution in [3.8, 4) is 16.9 Å². The van der Waals surface area contributed by atoms with Crippen LogP contribution in [0.25, 0.3) is 28.0 Å². The maximum Gasteiger partial charge on any atom is 0.355 e. The van der Waals surface area contributed by atoms with Crippen molar-refractivity contribution in [3.63, 3.8) is 0 Å². The maximum absolute atomic E-state index is 15.7. The third-order valence-electron chi connectivity index (χ3n) is 8.14. The van der Waals surface area contributed by atoms with E-state index < -0.39 is 11.5 Å². The molecule has 1 amide bonds. The van der Waals surface area contributed by atoms with Gasteiger partial charge in [0.25, 0.3) is 0 Å². The number of piperazine rings is 1. The summed E-state index contributed by atoms with van der Waals surface area (Å²) >= 11 is 10.3. The molecule has 2 aliphatic heterocycles. The Kier molecular flexibility index (Phi) is 9.22. The number of pyridine rings is 2. The highest BCUT2D eigenvalue weighted by atomic mass is 35.5. The molecule has 0 N–H and O–H groups in total. The number of fused-ring (bicyclic) bond motifs is 5. The summed E-state index contributed by atoms with van der Waals surface area (Å²) in [6, 6.07) is 8.52. The van der Waals surface area contributed by atoms with Gasteiger partial charge in [-0.05, 0) is 67.5 Å². The third kappa shape index (κ3) is 5.97. The third-order valence-corrected chi connectivity index (χ3v) is 10.7. The summed E-state index contributed by atoms with van der Waals surface area (Å²) in [7, 11) is 0. The molecular formula is C33H34ClFN6O2S2. The van der Waals surface area contributed by atoms with Crippen molar-refractivity contribution in [1.82, 2.24) is 24.4 Å². The Bertz CT molecular complexity index is 1870. The van der Waals surface area contributed by atoms with E-state index in [-0.39, 0.29) is 28.6 Å². The zero-order chi connectivity index (χ0) is 31.8. The molecule has 1 fully saturated rings. The zero-order valence-corrected chi connectivity index (χ0v) is 27.8. The quantitative estimate of drug-likeness (QED) is 0.218. The van der Waals surface area contributed by atoms with Crippen molar-refractivity contribution in [2.24, 2.45) is 0 Å². The maximum atomic E-state index is 15.7. The first-order chi connectivity index (χ1) is 21.7. The summed E-state index contributed by atoms with van der Waals surface area (Å²) in [4.78, 5) is 46.5. The molecule has 1 atom stereocenters. The van der Waals surface area contributed by atoms with E-state index in [0.717, 1.165) is 39.8 Å². The van der Waals surface area contributed by atoms with Crippen LogP contribution in [0.1, 0.15) is 45.2 Å². The lowest BCUT2D eigenvalue weighted by Crippen LogP contribution is -2.54. The summed E-state index contributed by atoms with van der Waals surface area (Å²) in [5.74, 6) is 1.52. The highest BCUT2D eigenvalue weighted by Crippen LogP contribution is 2.41. The number of benzene rings is 1. The van der Waals surface area contributed by atoms with Gasteiger partial charge in [0, 0.05) is 41.7 Å². The van der Waals surface area contributed by atoms with E-state index in [1.807, 2.05) is 37.8 Å². The fraction of sp³-hybridized carbons (Fsp3) is 0.364. The lowest BCUT2D eigenvalue weighted by molar-refractivity contribution is -0.126. The number of rotatable bonds is 3. The van der Waals surface area contributed by atoms with E-state index in [9.17, 15) is 9.59 Å². The Morgan fingerprint density at radius 2 is 1.89 bits per heavy atom. The molecule has 3 aromatic heterocycles. The van der Waals surface area contributed by atoms with Gasteiger partial charge < -0.3 is 9.80 Å². The van der Waals surface area contributed by atoms with Crippen LogP contribution in [-0.4, -0.2) is 67.5 Å². The minimum absolute atomic E-state index is 0.00195. The van der Waals surface area contributed by atoms with E-state index in [0.29, 0.717) is 47.7 Å². The van der Waals surface area contributed by atoms with E-state index in [1.165, 1.54) is 16.7 Å². The molecule has 6 rings (SSSR count). The standard InChI is InChI=1S/C33H34ClFN6O2S2/c1-5-26(42)39-13-14-40(20(4)18-39)31-21-17-22(34)29-27-23(35)9-8-10-24(27)44-15-6-7-16-45-25-11-12-36-28(19(2)3)30(25)41(32(21)37-29)33(43)38-31/h5,8-12,17,19-20H,1,6-7,13-16,18H2,2-4H3/t20-/m1/s1. The van der Waals surface area contributed by atoms with Gasteiger partial charge in [0.15, 0.2) is 5.65 Å². The van der Waals surface area contributed by atoms with Gasteiger partial charge in [-0.1, -0.05) is 38.1 Å². The zero-order valence-electron chi connectivity index (χ0n) is 25.4. The van der Waals surface area contributed by atoms with Crippen LogP contribution < -0.4 is 10.6 Å². The topological polar surface area (TPSA) is 84.2 Å². The Morgan fingerprint density at radius 1 is 1.13 bits per heavy atom. The summed E-state index contributed by atoms with van der Waals surface area (Å²) in [6.07, 6.45) is 4.98. The lowest BCUT2D eigenvalue weighted by Gasteiger charge is -2.40. The monoisotopic (exact) mass is 664 g/mol. The number of carbonyl (C=O) groups is 1. The van der Waals surface area contributed by atoms with Gasteiger partial charge in [0.05, 0.1) is 33.0 Å². The van der Waals surface area contributed by atoms with Crippen molar-refractivity contribution in [2.75, 3.05) is 36.0 Å². The minimum Gasteiger partial charge on any atom is -0.350 e. The van der Waals surface area contributed by atoms with Crippen LogP contribution in [0.4, 0.5) is 10.2 Å². The molecule has 0 unspecified atom stereocenters. The minimum atomic E-state index is -0.512. The first kappa shape index (κ1) is 31.6. The van der Waals surface area contributed by atoms with Gasteiger partial charge in [0.2, 0.25) is 5.91 Å². The number of anilines is 1. The van der Waals surface area contributed by atoms with Gasteiger partial charge in [-0.25, -0.2) is 18.7 Å². The van der Waals surface area contributed by atoms with Gasteiger partial charge in [-0.2, -0.15) is 4.98 Å². The summed E-state index contributed by atoms with van der Waals surface area (Å²) in [5, 5.41) is 0.818. The first-order valence-corrected chi connectivity index (χ1v) is 17.4. The molecule has 1 aromatic carbocycles. The van der Waals surface area contributed by atoms with Gasteiger partial charge in [-0.3, -0.25) is 9.78 Å². The highest BCUT2D eigenvalue weighted by molar-refractivity contribution is 7.99. The Labute approximate surface area is 275 Å². The van der Waals surface area contributed by atoms with Crippen LogP contribution in [0.15, 0.2) is 63.8 Å². The van der Waals surface area contributed by atoms with Gasteiger partial charge in [-0.15, -0.1) is 23.5 Å². The fourth-order valence-electron chi connectivity index (χ4n) is 5.94.